The summed E-state index contributed by atoms with van der Waals surface area (Å²) < 4.78 is 6.11. The number of ether oxygens (including phenoxy) is 1. The number of nitrogens with one attached hydrogen (secondary N) is 1. The predicted octanol–water partition coefficient (Wildman–Crippen LogP) is 2.90. The average molecular weight is 463 g/mol. The first-order chi connectivity index (χ1) is 12.5. The lowest BCUT2D eigenvalue weighted by Gasteiger charge is -2.28. The molecule has 0 radical (unpaired) electrons. The number of barbiturate groups is 1. The van der Waals surface area contributed by atoms with Crippen LogP contribution in [0.25, 0.3) is 0 Å². The monoisotopic (exact) mass is 463 g/mol. The van der Waals surface area contributed by atoms with Gasteiger partial charge in [0.15, 0.2) is 5.92 Å². The van der Waals surface area contributed by atoms with Crippen LogP contribution in [0.4, 0.5) is 16.2 Å². The maximum atomic E-state index is 12.7. The van der Waals surface area contributed by atoms with E-state index >= 15 is 0 Å². The third-order valence-electron chi connectivity index (χ3n) is 3.73. The van der Waals surface area contributed by atoms with Crippen molar-refractivity contribution in [2.75, 3.05) is 12.0 Å². The Morgan fingerprint density at radius 3 is 2.35 bits per heavy atom. The number of amides is 4. The fourth-order valence-electron chi connectivity index (χ4n) is 2.39. The van der Waals surface area contributed by atoms with Gasteiger partial charge in [-0.15, -0.1) is 0 Å². The third kappa shape index (κ3) is 3.74. The van der Waals surface area contributed by atoms with Crippen LogP contribution in [-0.4, -0.2) is 31.2 Å². The molecule has 7 nitrogen and oxygen atoms in total. The SMILES string of the molecule is COc1ccc(N2C(=O)NC(=O)[C@H](C=Nc3ccc(I)cc3)C2=O)cc1. The second-order valence-electron chi connectivity index (χ2n) is 5.40. The number of urea groups is 1. The third-order valence-corrected chi connectivity index (χ3v) is 4.45. The number of halogens is 1. The molecule has 26 heavy (non-hydrogen) atoms. The highest BCUT2D eigenvalue weighted by atomic mass is 127. The van der Waals surface area contributed by atoms with Gasteiger partial charge in [-0.3, -0.25) is 19.9 Å². The van der Waals surface area contributed by atoms with Crippen LogP contribution in [-0.2, 0) is 9.59 Å². The number of rotatable bonds is 4. The Hall–Kier alpha value is -2.75. The van der Waals surface area contributed by atoms with Gasteiger partial charge in [-0.05, 0) is 71.1 Å². The molecule has 0 bridgehead atoms. The molecule has 0 spiro atoms. The number of carbonyl (C=O) groups is 3. The summed E-state index contributed by atoms with van der Waals surface area (Å²) in [4.78, 5) is 42.0. The zero-order chi connectivity index (χ0) is 18.7. The van der Waals surface area contributed by atoms with Gasteiger partial charge in [-0.1, -0.05) is 0 Å². The molecule has 1 fully saturated rings. The fourth-order valence-corrected chi connectivity index (χ4v) is 2.74. The van der Waals surface area contributed by atoms with Crippen molar-refractivity contribution >= 4 is 58.0 Å². The largest absolute Gasteiger partial charge is 0.497 e. The summed E-state index contributed by atoms with van der Waals surface area (Å²) in [6, 6.07) is 12.9. The number of aliphatic imine (C=N–C) groups is 1. The van der Waals surface area contributed by atoms with Crippen molar-refractivity contribution in [1.82, 2.24) is 5.32 Å². The highest BCUT2D eigenvalue weighted by Gasteiger charge is 2.40. The first-order valence-electron chi connectivity index (χ1n) is 7.62. The summed E-state index contributed by atoms with van der Waals surface area (Å²) >= 11 is 2.17. The summed E-state index contributed by atoms with van der Waals surface area (Å²) in [5.74, 6) is -1.95. The van der Waals surface area contributed by atoms with E-state index in [2.05, 4.69) is 32.9 Å². The van der Waals surface area contributed by atoms with Gasteiger partial charge >= 0.3 is 6.03 Å². The minimum absolute atomic E-state index is 0.341. The number of hydrogen-bond acceptors (Lipinski definition) is 5. The van der Waals surface area contributed by atoms with E-state index in [-0.39, 0.29) is 0 Å². The van der Waals surface area contributed by atoms with Gasteiger partial charge in [-0.25, -0.2) is 9.69 Å². The summed E-state index contributed by atoms with van der Waals surface area (Å²) in [5, 5.41) is 2.19. The molecule has 0 aliphatic carbocycles. The molecule has 132 valence electrons. The van der Waals surface area contributed by atoms with Crippen LogP contribution in [0.3, 0.4) is 0 Å². The minimum atomic E-state index is -1.19. The normalized spacial score (nSPS) is 17.5. The molecule has 1 aliphatic heterocycles. The van der Waals surface area contributed by atoms with Gasteiger partial charge < -0.3 is 4.74 Å². The number of nitrogens with zero attached hydrogens (tertiary/aromatic N) is 2. The zero-order valence-corrected chi connectivity index (χ0v) is 15.8. The smallest absolute Gasteiger partial charge is 0.335 e. The molecule has 1 aliphatic rings. The molecule has 3 rings (SSSR count). The van der Waals surface area contributed by atoms with E-state index in [4.69, 9.17) is 4.74 Å². The van der Waals surface area contributed by atoms with Crippen LogP contribution >= 0.6 is 22.6 Å². The van der Waals surface area contributed by atoms with Crippen LogP contribution in [0.1, 0.15) is 0 Å². The summed E-state index contributed by atoms with van der Waals surface area (Å²) in [6.07, 6.45) is 1.25. The number of anilines is 1. The van der Waals surface area contributed by atoms with Gasteiger partial charge in [0, 0.05) is 9.78 Å². The van der Waals surface area contributed by atoms with Gasteiger partial charge in [0.2, 0.25) is 5.91 Å². The molecule has 8 heteroatoms. The Bertz CT molecular complexity index is 878. The van der Waals surface area contributed by atoms with Crippen LogP contribution in [0.15, 0.2) is 53.5 Å². The molecule has 1 saturated heterocycles. The zero-order valence-electron chi connectivity index (χ0n) is 13.7. The summed E-state index contributed by atoms with van der Waals surface area (Å²) in [6.45, 7) is 0. The van der Waals surface area contributed by atoms with Crippen LogP contribution in [0.5, 0.6) is 5.75 Å². The minimum Gasteiger partial charge on any atom is -0.497 e. The van der Waals surface area contributed by atoms with Crippen molar-refractivity contribution in [3.8, 4) is 5.75 Å². The van der Waals surface area contributed by atoms with Gasteiger partial charge in [0.05, 0.1) is 18.5 Å². The van der Waals surface area contributed by atoms with E-state index in [9.17, 15) is 14.4 Å². The van der Waals surface area contributed by atoms with E-state index in [0.717, 1.165) is 8.47 Å². The van der Waals surface area contributed by atoms with E-state index in [1.807, 2.05) is 12.1 Å². The molecule has 1 atom stereocenters. The molecule has 4 amide bonds. The number of carbonyl (C=O) groups excluding carboxylic acids is 3. The Kier molecular flexibility index (Phi) is 5.31. The van der Waals surface area contributed by atoms with Crippen molar-refractivity contribution in [2.45, 2.75) is 0 Å². The van der Waals surface area contributed by atoms with Gasteiger partial charge in [-0.2, -0.15) is 0 Å². The second kappa shape index (κ2) is 7.65. The molecule has 1 heterocycles. The summed E-state index contributed by atoms with van der Waals surface area (Å²) in [5.41, 5.74) is 0.951. The Morgan fingerprint density at radius 1 is 1.08 bits per heavy atom. The first kappa shape index (κ1) is 18.1. The molecule has 0 saturated carbocycles. The predicted molar refractivity (Wildman–Crippen MR) is 105 cm³/mol. The number of benzene rings is 2. The number of imide groups is 2. The highest BCUT2D eigenvalue weighted by Crippen LogP contribution is 2.23. The lowest BCUT2D eigenvalue weighted by molar-refractivity contribution is -0.131. The average Bonchev–Trinajstić information content (AvgIpc) is 2.63. The molecule has 0 aromatic heterocycles. The molecule has 2 aromatic rings. The fraction of sp³-hybridized carbons (Fsp3) is 0.111. The molecular formula is C18H14IN3O4. The van der Waals surface area contributed by atoms with E-state index < -0.39 is 23.8 Å². The number of methoxy groups -OCH3 is 1. The van der Waals surface area contributed by atoms with Gasteiger partial charge in [0.25, 0.3) is 5.91 Å². The Balaban J connectivity index is 1.86. The lowest BCUT2D eigenvalue weighted by atomic mass is 10.1. The van der Waals surface area contributed by atoms with Crippen molar-refractivity contribution in [1.29, 1.82) is 0 Å². The standard InChI is InChI=1S/C18H14IN3O4/c1-26-14-8-6-13(7-9-14)22-17(24)15(16(23)21-18(22)25)10-20-12-4-2-11(19)3-5-12/h2-10,15H,1H3,(H,21,23,25)/t15-/m0/s1. The van der Waals surface area contributed by atoms with Crippen molar-refractivity contribution in [3.63, 3.8) is 0 Å². The molecular weight excluding hydrogens is 449 g/mol. The van der Waals surface area contributed by atoms with E-state index in [0.29, 0.717) is 17.1 Å². The Labute approximate surface area is 163 Å². The molecule has 2 aromatic carbocycles. The van der Waals surface area contributed by atoms with Crippen molar-refractivity contribution in [3.05, 3.63) is 52.1 Å². The number of hydrogen-bond donors (Lipinski definition) is 1. The topological polar surface area (TPSA) is 88.1 Å². The molecule has 0 unspecified atom stereocenters. The highest BCUT2D eigenvalue weighted by molar-refractivity contribution is 14.1. The van der Waals surface area contributed by atoms with Crippen LogP contribution in [0, 0.1) is 9.49 Å². The maximum absolute atomic E-state index is 12.7. The maximum Gasteiger partial charge on any atom is 0.335 e. The lowest BCUT2D eigenvalue weighted by Crippen LogP contribution is -2.58. The van der Waals surface area contributed by atoms with E-state index in [1.54, 1.807) is 36.4 Å². The van der Waals surface area contributed by atoms with E-state index in [1.165, 1.54) is 13.3 Å². The van der Waals surface area contributed by atoms with Crippen LogP contribution < -0.4 is 15.0 Å². The van der Waals surface area contributed by atoms with Crippen molar-refractivity contribution in [2.24, 2.45) is 10.9 Å². The quantitative estimate of drug-likeness (QED) is 0.429. The van der Waals surface area contributed by atoms with Crippen molar-refractivity contribution < 1.29 is 19.1 Å². The second-order valence-corrected chi connectivity index (χ2v) is 6.64. The van der Waals surface area contributed by atoms with Gasteiger partial charge in [0.1, 0.15) is 5.75 Å². The Morgan fingerprint density at radius 2 is 1.73 bits per heavy atom. The molecule has 1 N–H and O–H groups in total. The summed E-state index contributed by atoms with van der Waals surface area (Å²) in [7, 11) is 1.52. The van der Waals surface area contributed by atoms with Crippen LogP contribution in [0.2, 0.25) is 0 Å². The first-order valence-corrected chi connectivity index (χ1v) is 8.70.